The third-order valence-corrected chi connectivity index (χ3v) is 5.13. The van der Waals surface area contributed by atoms with Crippen molar-refractivity contribution in [3.63, 3.8) is 0 Å². The van der Waals surface area contributed by atoms with E-state index in [1.165, 1.54) is 0 Å². The SMILES string of the molecule is CC(C)(O[Si](C)(C)C)C(=O)c1ccc(CO[Si](C)(C)C)cc1. The van der Waals surface area contributed by atoms with Crippen LogP contribution in [0.25, 0.3) is 0 Å². The number of carbonyl (C=O) groups is 1. The molecule has 3 nitrogen and oxygen atoms in total. The molecule has 0 unspecified atom stereocenters. The van der Waals surface area contributed by atoms with Gasteiger partial charge in [-0.3, -0.25) is 4.79 Å². The third kappa shape index (κ3) is 6.56. The highest BCUT2D eigenvalue weighted by molar-refractivity contribution is 6.70. The second-order valence-corrected chi connectivity index (χ2v) is 17.1. The van der Waals surface area contributed by atoms with E-state index < -0.39 is 22.2 Å². The van der Waals surface area contributed by atoms with E-state index in [1.807, 2.05) is 38.1 Å². The van der Waals surface area contributed by atoms with Crippen LogP contribution in [0.5, 0.6) is 0 Å². The highest BCUT2D eigenvalue weighted by atomic mass is 28.4. The van der Waals surface area contributed by atoms with Crippen molar-refractivity contribution in [1.82, 2.24) is 0 Å². The van der Waals surface area contributed by atoms with Crippen LogP contribution in [-0.2, 0) is 15.5 Å². The lowest BCUT2D eigenvalue weighted by Crippen LogP contribution is -2.44. The smallest absolute Gasteiger partial charge is 0.192 e. The fourth-order valence-electron chi connectivity index (χ4n) is 2.21. The molecule has 0 fully saturated rings. The summed E-state index contributed by atoms with van der Waals surface area (Å²) >= 11 is 0. The van der Waals surface area contributed by atoms with Crippen molar-refractivity contribution in [2.45, 2.75) is 65.3 Å². The van der Waals surface area contributed by atoms with Crippen molar-refractivity contribution in [2.24, 2.45) is 0 Å². The van der Waals surface area contributed by atoms with Crippen LogP contribution < -0.4 is 0 Å². The van der Waals surface area contributed by atoms with Gasteiger partial charge in [0.2, 0.25) is 0 Å². The van der Waals surface area contributed by atoms with E-state index in [1.54, 1.807) is 0 Å². The molecule has 1 aromatic rings. The summed E-state index contributed by atoms with van der Waals surface area (Å²) in [6.45, 7) is 17.1. The number of ketones is 1. The molecular weight excluding hydrogens is 308 g/mol. The molecule has 0 aliphatic rings. The van der Waals surface area contributed by atoms with E-state index >= 15 is 0 Å². The molecule has 0 amide bonds. The number of hydrogen-bond donors (Lipinski definition) is 0. The highest BCUT2D eigenvalue weighted by Crippen LogP contribution is 2.22. The third-order valence-electron chi connectivity index (χ3n) is 3.00. The van der Waals surface area contributed by atoms with Gasteiger partial charge in [0, 0.05) is 5.56 Å². The van der Waals surface area contributed by atoms with Gasteiger partial charge in [0.15, 0.2) is 22.4 Å². The van der Waals surface area contributed by atoms with Gasteiger partial charge in [-0.2, -0.15) is 0 Å². The van der Waals surface area contributed by atoms with Crippen LogP contribution in [0.1, 0.15) is 29.8 Å². The molecule has 0 spiro atoms. The summed E-state index contributed by atoms with van der Waals surface area (Å²) in [7, 11) is -3.28. The summed E-state index contributed by atoms with van der Waals surface area (Å²) in [6.07, 6.45) is 0. The van der Waals surface area contributed by atoms with E-state index in [0.29, 0.717) is 12.2 Å². The molecule has 0 N–H and O–H groups in total. The lowest BCUT2D eigenvalue weighted by atomic mass is 9.96. The molecule has 0 bridgehead atoms. The summed E-state index contributed by atoms with van der Waals surface area (Å²) in [5.74, 6) is 0.0348. The molecule has 0 atom stereocenters. The van der Waals surface area contributed by atoms with Crippen molar-refractivity contribution < 1.29 is 13.6 Å². The Morgan fingerprint density at radius 3 is 1.86 bits per heavy atom. The van der Waals surface area contributed by atoms with E-state index in [0.717, 1.165) is 5.56 Å². The lowest BCUT2D eigenvalue weighted by molar-refractivity contribution is 0.0558. The van der Waals surface area contributed by atoms with Crippen molar-refractivity contribution >= 4 is 22.4 Å². The molecular formula is C17H30O3Si2. The maximum Gasteiger partial charge on any atom is 0.192 e. The second kappa shape index (κ2) is 6.78. The van der Waals surface area contributed by atoms with Gasteiger partial charge >= 0.3 is 0 Å². The minimum absolute atomic E-state index is 0.0348. The summed E-state index contributed by atoms with van der Waals surface area (Å²) < 4.78 is 11.9. The van der Waals surface area contributed by atoms with Crippen LogP contribution in [0.4, 0.5) is 0 Å². The minimum atomic E-state index is -1.77. The Morgan fingerprint density at radius 1 is 0.955 bits per heavy atom. The molecule has 0 radical (unpaired) electrons. The Kier molecular flexibility index (Phi) is 5.95. The van der Waals surface area contributed by atoms with Gasteiger partial charge in [-0.25, -0.2) is 0 Å². The van der Waals surface area contributed by atoms with Gasteiger partial charge in [-0.15, -0.1) is 0 Å². The number of benzene rings is 1. The summed E-state index contributed by atoms with van der Waals surface area (Å²) in [6, 6.07) is 7.69. The average Bonchev–Trinajstić information content (AvgIpc) is 2.32. The number of carbonyl (C=O) groups excluding carboxylic acids is 1. The molecule has 0 saturated heterocycles. The molecule has 0 aliphatic heterocycles. The molecule has 1 aromatic carbocycles. The monoisotopic (exact) mass is 338 g/mol. The van der Waals surface area contributed by atoms with E-state index in [2.05, 4.69) is 39.3 Å². The van der Waals surface area contributed by atoms with Crippen molar-refractivity contribution in [2.75, 3.05) is 0 Å². The zero-order chi connectivity index (χ0) is 17.2. The number of rotatable bonds is 7. The lowest BCUT2D eigenvalue weighted by Gasteiger charge is -2.31. The first kappa shape index (κ1) is 19.3. The van der Waals surface area contributed by atoms with Crippen molar-refractivity contribution in [1.29, 1.82) is 0 Å². The van der Waals surface area contributed by atoms with Crippen LogP contribution in [0.3, 0.4) is 0 Å². The fourth-order valence-corrected chi connectivity index (χ4v) is 4.43. The van der Waals surface area contributed by atoms with Crippen LogP contribution in [0.15, 0.2) is 24.3 Å². The molecule has 0 aromatic heterocycles. The molecule has 22 heavy (non-hydrogen) atoms. The maximum atomic E-state index is 12.6. The Balaban J connectivity index is 2.79. The Hall–Kier alpha value is -0.756. The number of Topliss-reactive ketones (excluding diaryl/α,β-unsaturated/α-hetero) is 1. The van der Waals surface area contributed by atoms with E-state index in [4.69, 9.17) is 8.85 Å². The van der Waals surface area contributed by atoms with Crippen LogP contribution in [0.2, 0.25) is 39.3 Å². The van der Waals surface area contributed by atoms with Crippen molar-refractivity contribution in [3.8, 4) is 0 Å². The molecule has 0 heterocycles. The molecule has 1 rings (SSSR count). The van der Waals surface area contributed by atoms with Crippen LogP contribution in [0, 0.1) is 0 Å². The topological polar surface area (TPSA) is 35.5 Å². The van der Waals surface area contributed by atoms with Gasteiger partial charge in [0.25, 0.3) is 0 Å². The Bertz CT molecular complexity index is 508. The first-order valence-electron chi connectivity index (χ1n) is 7.78. The zero-order valence-corrected chi connectivity index (χ0v) is 17.2. The predicted molar refractivity (Wildman–Crippen MR) is 97.4 cm³/mol. The Labute approximate surface area is 137 Å². The predicted octanol–water partition coefficient (Wildman–Crippen LogP) is 4.85. The van der Waals surface area contributed by atoms with Crippen molar-refractivity contribution in [3.05, 3.63) is 35.4 Å². The average molecular weight is 339 g/mol. The first-order valence-corrected chi connectivity index (χ1v) is 14.6. The highest BCUT2D eigenvalue weighted by Gasteiger charge is 2.34. The summed E-state index contributed by atoms with van der Waals surface area (Å²) in [4.78, 5) is 12.6. The van der Waals surface area contributed by atoms with Gasteiger partial charge in [-0.1, -0.05) is 24.3 Å². The maximum absolute atomic E-state index is 12.6. The summed E-state index contributed by atoms with van der Waals surface area (Å²) in [5, 5.41) is 0. The van der Waals surface area contributed by atoms with E-state index in [9.17, 15) is 4.79 Å². The quantitative estimate of drug-likeness (QED) is 0.526. The molecule has 0 aliphatic carbocycles. The molecule has 124 valence electrons. The molecule has 5 heteroatoms. The minimum Gasteiger partial charge on any atom is -0.413 e. The van der Waals surface area contributed by atoms with Gasteiger partial charge < -0.3 is 8.85 Å². The van der Waals surface area contributed by atoms with Gasteiger partial charge in [0.1, 0.15) is 5.60 Å². The zero-order valence-electron chi connectivity index (χ0n) is 15.2. The second-order valence-electron chi connectivity index (χ2n) is 8.15. The fraction of sp³-hybridized carbons (Fsp3) is 0.588. The van der Waals surface area contributed by atoms with Crippen LogP contribution in [-0.4, -0.2) is 28.0 Å². The van der Waals surface area contributed by atoms with Gasteiger partial charge in [0.05, 0.1) is 6.61 Å². The van der Waals surface area contributed by atoms with Crippen LogP contribution >= 0.6 is 0 Å². The first-order chi connectivity index (χ1) is 9.80. The summed E-state index contributed by atoms with van der Waals surface area (Å²) in [5.41, 5.74) is 1.02. The standard InChI is InChI=1S/C17H30O3Si2/c1-17(2,20-22(6,7)8)16(18)15-11-9-14(10-12-15)13-19-21(3,4)5/h9-12H,13H2,1-8H3. The molecule has 0 saturated carbocycles. The number of hydrogen-bond acceptors (Lipinski definition) is 3. The van der Waals surface area contributed by atoms with Gasteiger partial charge in [-0.05, 0) is 58.7 Å². The van der Waals surface area contributed by atoms with E-state index in [-0.39, 0.29) is 5.78 Å². The largest absolute Gasteiger partial charge is 0.413 e. The normalized spacial score (nSPS) is 13.3. The Morgan fingerprint density at radius 2 is 1.45 bits per heavy atom.